The Kier molecular flexibility index (Phi) is 4.97. The van der Waals surface area contributed by atoms with Gasteiger partial charge in [0.25, 0.3) is 5.91 Å². The number of Topliss-reactive ketones (excluding diaryl/α,β-unsaturated/α-hetero) is 1. The van der Waals surface area contributed by atoms with Crippen molar-refractivity contribution in [2.75, 3.05) is 19.8 Å². The van der Waals surface area contributed by atoms with Gasteiger partial charge >= 0.3 is 0 Å². The zero-order chi connectivity index (χ0) is 20.6. The van der Waals surface area contributed by atoms with E-state index in [4.69, 9.17) is 4.74 Å². The van der Waals surface area contributed by atoms with Crippen molar-refractivity contribution >= 4 is 22.6 Å². The number of ketones is 1. The molecule has 1 fully saturated rings. The van der Waals surface area contributed by atoms with Crippen LogP contribution >= 0.6 is 0 Å². The van der Waals surface area contributed by atoms with E-state index in [1.54, 1.807) is 0 Å². The smallest absolute Gasteiger partial charge is 0.287 e. The molecule has 0 unspecified atom stereocenters. The lowest BCUT2D eigenvalue weighted by molar-refractivity contribution is -0.0605. The summed E-state index contributed by atoms with van der Waals surface area (Å²) in [6, 6.07) is 7.54. The number of amides is 1. The molecule has 1 aliphatic rings. The van der Waals surface area contributed by atoms with E-state index in [0.717, 1.165) is 22.2 Å². The van der Waals surface area contributed by atoms with E-state index >= 15 is 0 Å². The third kappa shape index (κ3) is 3.94. The number of nitrogens with zero attached hydrogens (tertiary/aromatic N) is 1. The molecular weight excluding hydrogens is 372 g/mol. The Labute approximate surface area is 167 Å². The predicted molar refractivity (Wildman–Crippen MR) is 108 cm³/mol. The van der Waals surface area contributed by atoms with Crippen LogP contribution in [0.2, 0.25) is 0 Å². The molecule has 0 atom stereocenters. The molecule has 2 aromatic heterocycles. The number of aryl methyl sites for hydroxylation is 1. The molecule has 0 spiro atoms. The van der Waals surface area contributed by atoms with Gasteiger partial charge in [0.1, 0.15) is 0 Å². The molecule has 1 aromatic carbocycles. The minimum Gasteiger partial charge on any atom is -0.388 e. The van der Waals surface area contributed by atoms with Gasteiger partial charge in [-0.2, -0.15) is 0 Å². The van der Waals surface area contributed by atoms with Crippen molar-refractivity contribution in [2.24, 2.45) is 0 Å². The molecule has 0 saturated carbocycles. The summed E-state index contributed by atoms with van der Waals surface area (Å²) in [6.45, 7) is 4.51. The number of carbonyl (C=O) groups excluding carboxylic acids is 2. The normalized spacial score (nSPS) is 16.1. The Morgan fingerprint density at radius 3 is 2.72 bits per heavy atom. The average molecular weight is 396 g/mol. The van der Waals surface area contributed by atoms with Crippen molar-refractivity contribution in [3.8, 4) is 11.3 Å². The molecule has 4 N–H and O–H groups in total. The van der Waals surface area contributed by atoms with E-state index in [-0.39, 0.29) is 24.1 Å². The first-order valence-electron chi connectivity index (χ1n) is 9.64. The van der Waals surface area contributed by atoms with Gasteiger partial charge in [0.2, 0.25) is 0 Å². The lowest BCUT2D eigenvalue weighted by Crippen LogP contribution is -2.46. The van der Waals surface area contributed by atoms with Gasteiger partial charge < -0.3 is 25.1 Å². The summed E-state index contributed by atoms with van der Waals surface area (Å²) in [4.78, 5) is 34.7. The van der Waals surface area contributed by atoms with Crippen molar-refractivity contribution in [1.82, 2.24) is 20.3 Å². The number of rotatable bonds is 5. The molecule has 1 saturated heterocycles. The second-order valence-corrected chi connectivity index (χ2v) is 7.62. The fourth-order valence-corrected chi connectivity index (χ4v) is 3.58. The summed E-state index contributed by atoms with van der Waals surface area (Å²) in [5.41, 5.74) is 2.78. The molecule has 3 aromatic rings. The standard InChI is InChI=1S/C21H24N4O4/c1-12-18(14-3-4-16-15(9-14)10-17(24-16)13(2)26)25-19(23-12)20(27)22-11-21(28)5-7-29-8-6-21/h3-4,9-10,24,28H,5-8,11H2,1-2H3,(H,22,27)(H,23,25). The SMILES string of the molecule is CC(=O)c1cc2cc(-c3nc(C(=O)NCC4(O)CCOCC4)[nH]c3C)ccc2[nH]1. The fourth-order valence-electron chi connectivity index (χ4n) is 3.58. The first-order chi connectivity index (χ1) is 13.8. The van der Waals surface area contributed by atoms with Crippen LogP contribution in [-0.4, -0.2) is 57.1 Å². The zero-order valence-corrected chi connectivity index (χ0v) is 16.5. The maximum atomic E-state index is 12.5. The van der Waals surface area contributed by atoms with Crippen LogP contribution in [0.1, 0.15) is 46.6 Å². The maximum absolute atomic E-state index is 12.5. The van der Waals surface area contributed by atoms with Crippen molar-refractivity contribution in [3.05, 3.63) is 41.5 Å². The Morgan fingerprint density at radius 1 is 1.24 bits per heavy atom. The maximum Gasteiger partial charge on any atom is 0.287 e. The topological polar surface area (TPSA) is 120 Å². The number of aliphatic hydroxyl groups is 1. The fraction of sp³-hybridized carbons (Fsp3) is 0.381. The summed E-state index contributed by atoms with van der Waals surface area (Å²) in [5.74, 6) is -0.184. The molecule has 8 nitrogen and oxygen atoms in total. The lowest BCUT2D eigenvalue weighted by Gasteiger charge is -2.31. The third-order valence-electron chi connectivity index (χ3n) is 5.37. The van der Waals surface area contributed by atoms with Crippen LogP contribution in [0.25, 0.3) is 22.2 Å². The first-order valence-corrected chi connectivity index (χ1v) is 9.64. The summed E-state index contributed by atoms with van der Waals surface area (Å²) < 4.78 is 5.26. The van der Waals surface area contributed by atoms with Gasteiger partial charge in [0, 0.05) is 61.7 Å². The Bertz CT molecular complexity index is 1080. The lowest BCUT2D eigenvalue weighted by atomic mass is 9.94. The molecule has 3 heterocycles. The van der Waals surface area contributed by atoms with Crippen LogP contribution < -0.4 is 5.32 Å². The number of hydrogen-bond acceptors (Lipinski definition) is 5. The Morgan fingerprint density at radius 2 is 2.00 bits per heavy atom. The van der Waals surface area contributed by atoms with Crippen LogP contribution in [-0.2, 0) is 4.74 Å². The van der Waals surface area contributed by atoms with Crippen molar-refractivity contribution in [2.45, 2.75) is 32.3 Å². The number of aromatic nitrogens is 3. The number of aromatic amines is 2. The van der Waals surface area contributed by atoms with Crippen LogP contribution in [0.4, 0.5) is 0 Å². The molecular formula is C21H24N4O4. The van der Waals surface area contributed by atoms with E-state index in [9.17, 15) is 14.7 Å². The van der Waals surface area contributed by atoms with Crippen LogP contribution in [0.3, 0.4) is 0 Å². The number of benzene rings is 1. The Hall–Kier alpha value is -2.97. The quantitative estimate of drug-likeness (QED) is 0.494. The monoisotopic (exact) mass is 396 g/mol. The number of fused-ring (bicyclic) bond motifs is 1. The van der Waals surface area contributed by atoms with Gasteiger partial charge in [-0.1, -0.05) is 6.07 Å². The average Bonchev–Trinajstić information content (AvgIpc) is 3.30. The highest BCUT2D eigenvalue weighted by molar-refractivity contribution is 5.99. The molecule has 1 aliphatic heterocycles. The summed E-state index contributed by atoms with van der Waals surface area (Å²) >= 11 is 0. The van der Waals surface area contributed by atoms with Crippen LogP contribution in [0, 0.1) is 6.92 Å². The van der Waals surface area contributed by atoms with Gasteiger partial charge in [-0.15, -0.1) is 0 Å². The van der Waals surface area contributed by atoms with Gasteiger partial charge in [-0.25, -0.2) is 4.98 Å². The van der Waals surface area contributed by atoms with Gasteiger partial charge in [0.15, 0.2) is 11.6 Å². The molecule has 0 aliphatic carbocycles. The molecule has 0 radical (unpaired) electrons. The van der Waals surface area contributed by atoms with E-state index in [2.05, 4.69) is 20.3 Å². The van der Waals surface area contributed by atoms with Crippen molar-refractivity contribution in [1.29, 1.82) is 0 Å². The number of hydrogen-bond donors (Lipinski definition) is 4. The minimum absolute atomic E-state index is 0.0242. The molecule has 1 amide bonds. The number of nitrogens with one attached hydrogen (secondary N) is 3. The molecule has 4 rings (SSSR count). The molecule has 152 valence electrons. The van der Waals surface area contributed by atoms with Gasteiger partial charge in [-0.05, 0) is 25.1 Å². The molecule has 0 bridgehead atoms. The predicted octanol–water partition coefficient (Wildman–Crippen LogP) is 2.34. The number of H-pyrrole nitrogens is 2. The van der Waals surface area contributed by atoms with E-state index in [1.165, 1.54) is 6.92 Å². The number of imidazole rings is 1. The van der Waals surface area contributed by atoms with Gasteiger partial charge in [-0.3, -0.25) is 9.59 Å². The molecule has 8 heteroatoms. The third-order valence-corrected chi connectivity index (χ3v) is 5.37. The van der Waals surface area contributed by atoms with Gasteiger partial charge in [0.05, 0.1) is 17.0 Å². The van der Waals surface area contributed by atoms with Crippen LogP contribution in [0.5, 0.6) is 0 Å². The van der Waals surface area contributed by atoms with E-state index < -0.39 is 5.60 Å². The Balaban J connectivity index is 1.53. The second kappa shape index (κ2) is 7.46. The second-order valence-electron chi connectivity index (χ2n) is 7.62. The molecule has 29 heavy (non-hydrogen) atoms. The highest BCUT2D eigenvalue weighted by Crippen LogP contribution is 2.26. The van der Waals surface area contributed by atoms with Crippen LogP contribution in [0.15, 0.2) is 24.3 Å². The minimum atomic E-state index is -0.938. The highest BCUT2D eigenvalue weighted by Gasteiger charge is 2.30. The number of ether oxygens (including phenoxy) is 1. The highest BCUT2D eigenvalue weighted by atomic mass is 16.5. The zero-order valence-electron chi connectivity index (χ0n) is 16.5. The largest absolute Gasteiger partial charge is 0.388 e. The van der Waals surface area contributed by atoms with Crippen molar-refractivity contribution in [3.63, 3.8) is 0 Å². The first kappa shape index (κ1) is 19.4. The number of carbonyl (C=O) groups is 2. The van der Waals surface area contributed by atoms with E-state index in [1.807, 2.05) is 31.2 Å². The summed E-state index contributed by atoms with van der Waals surface area (Å²) in [6.07, 6.45) is 0.989. The van der Waals surface area contributed by atoms with Crippen molar-refractivity contribution < 1.29 is 19.4 Å². The summed E-state index contributed by atoms with van der Waals surface area (Å²) in [5, 5.41) is 14.2. The summed E-state index contributed by atoms with van der Waals surface area (Å²) in [7, 11) is 0. The van der Waals surface area contributed by atoms with E-state index in [0.29, 0.717) is 37.4 Å².